The summed E-state index contributed by atoms with van der Waals surface area (Å²) >= 11 is 0. The molecule has 2 fully saturated rings. The highest BCUT2D eigenvalue weighted by Gasteiger charge is 2.24. The molecule has 2 heterocycles. The summed E-state index contributed by atoms with van der Waals surface area (Å²) < 4.78 is 17.7. The third-order valence-electron chi connectivity index (χ3n) is 1.59. The van der Waals surface area contributed by atoms with Crippen LogP contribution in [-0.4, -0.2) is 61.2 Å². The van der Waals surface area contributed by atoms with Crippen LogP contribution in [0.2, 0.25) is 0 Å². The van der Waals surface area contributed by atoms with E-state index in [2.05, 4.69) is 18.9 Å². The Hall–Kier alpha value is -1.54. The van der Waals surface area contributed by atoms with Gasteiger partial charge in [-0.3, -0.25) is 0 Å². The zero-order valence-electron chi connectivity index (χ0n) is 8.33. The van der Waals surface area contributed by atoms with E-state index in [0.29, 0.717) is 13.2 Å². The second-order valence-corrected chi connectivity index (χ2v) is 3.06. The van der Waals surface area contributed by atoms with E-state index >= 15 is 0 Å². The predicted octanol–water partition coefficient (Wildman–Crippen LogP) is 0.160. The van der Waals surface area contributed by atoms with Gasteiger partial charge in [0.1, 0.15) is 25.4 Å². The van der Waals surface area contributed by atoms with Crippen LogP contribution < -0.4 is 0 Å². The maximum Gasteiger partial charge on any atom is 0.505 e. The number of hydrogen-bond acceptors (Lipinski definition) is 6. The van der Waals surface area contributed by atoms with Gasteiger partial charge < -0.3 is 29.2 Å². The van der Waals surface area contributed by atoms with E-state index in [-0.39, 0.29) is 25.4 Å². The molecule has 2 aliphatic rings. The molecule has 2 N–H and O–H groups in total. The zero-order valence-corrected chi connectivity index (χ0v) is 8.33. The molecule has 92 valence electrons. The number of epoxide rings is 2. The molecule has 2 aliphatic heterocycles. The van der Waals surface area contributed by atoms with Gasteiger partial charge in [0.2, 0.25) is 0 Å². The highest BCUT2D eigenvalue weighted by atomic mass is 16.7. The lowest BCUT2D eigenvalue weighted by Gasteiger charge is -1.91. The van der Waals surface area contributed by atoms with Crippen molar-refractivity contribution >= 4 is 12.3 Å². The number of hydrogen-bond donors (Lipinski definition) is 2. The number of carbonyl (C=O) groups is 2. The highest BCUT2D eigenvalue weighted by molar-refractivity contribution is 5.57. The smallest absolute Gasteiger partial charge is 0.450 e. The summed E-state index contributed by atoms with van der Waals surface area (Å²) in [7, 11) is 0. The quantitative estimate of drug-likeness (QED) is 0.523. The second kappa shape index (κ2) is 6.13. The average Bonchev–Trinajstić information content (AvgIpc) is 3.06. The van der Waals surface area contributed by atoms with Crippen molar-refractivity contribution < 1.29 is 38.7 Å². The number of ether oxygens (including phenoxy) is 4. The minimum absolute atomic E-state index is 0.0334. The lowest BCUT2D eigenvalue weighted by Crippen LogP contribution is -2.06. The van der Waals surface area contributed by atoms with Gasteiger partial charge in [0.15, 0.2) is 0 Å². The molecular weight excluding hydrogens is 224 g/mol. The summed E-state index contributed by atoms with van der Waals surface area (Å²) in [5, 5.41) is 15.8. The van der Waals surface area contributed by atoms with Crippen molar-refractivity contribution in [3.63, 3.8) is 0 Å². The molecule has 0 amide bonds. The van der Waals surface area contributed by atoms with Gasteiger partial charge in [-0.25, -0.2) is 9.59 Å². The Balaban J connectivity index is 0.000000160. The van der Waals surface area contributed by atoms with Crippen LogP contribution in [0.1, 0.15) is 0 Å². The van der Waals surface area contributed by atoms with E-state index in [9.17, 15) is 9.59 Å². The first-order valence-corrected chi connectivity index (χ1v) is 4.52. The topological polar surface area (TPSA) is 118 Å². The van der Waals surface area contributed by atoms with E-state index < -0.39 is 12.3 Å². The Kier molecular flexibility index (Phi) is 4.80. The first-order chi connectivity index (χ1) is 7.58. The monoisotopic (exact) mass is 236 g/mol. The van der Waals surface area contributed by atoms with Gasteiger partial charge in [0.25, 0.3) is 0 Å². The van der Waals surface area contributed by atoms with E-state index in [4.69, 9.17) is 10.2 Å². The summed E-state index contributed by atoms with van der Waals surface area (Å²) in [6, 6.07) is 0. The minimum Gasteiger partial charge on any atom is -0.450 e. The summed E-state index contributed by atoms with van der Waals surface area (Å²) in [6.07, 6.45) is -2.40. The van der Waals surface area contributed by atoms with Crippen molar-refractivity contribution in [2.75, 3.05) is 26.4 Å². The maximum atomic E-state index is 9.65. The van der Waals surface area contributed by atoms with Crippen LogP contribution in [0.5, 0.6) is 0 Å². The van der Waals surface area contributed by atoms with Crippen LogP contribution in [0, 0.1) is 0 Å². The predicted molar refractivity (Wildman–Crippen MR) is 47.4 cm³/mol. The molecule has 8 heteroatoms. The normalized spacial score (nSPS) is 24.8. The molecule has 0 spiro atoms. The van der Waals surface area contributed by atoms with Gasteiger partial charge in [0, 0.05) is 0 Å². The molecule has 0 radical (unpaired) electrons. The Morgan fingerprint density at radius 1 is 1.00 bits per heavy atom. The van der Waals surface area contributed by atoms with Crippen molar-refractivity contribution in [3.05, 3.63) is 0 Å². The number of rotatable bonds is 4. The van der Waals surface area contributed by atoms with E-state index in [1.165, 1.54) is 0 Å². The Morgan fingerprint density at radius 2 is 1.31 bits per heavy atom. The minimum atomic E-state index is -1.24. The third kappa shape index (κ3) is 7.83. The molecule has 2 saturated heterocycles. The van der Waals surface area contributed by atoms with Crippen LogP contribution in [0.25, 0.3) is 0 Å². The first-order valence-electron chi connectivity index (χ1n) is 4.52. The van der Waals surface area contributed by atoms with Gasteiger partial charge in [-0.05, 0) is 0 Å². The fourth-order valence-corrected chi connectivity index (χ4v) is 0.657. The molecule has 0 aromatic carbocycles. The average molecular weight is 236 g/mol. The molecule has 0 aromatic rings. The van der Waals surface area contributed by atoms with Crippen LogP contribution in [0.15, 0.2) is 0 Å². The molecule has 8 nitrogen and oxygen atoms in total. The number of carboxylic acid groups (broad SMARTS) is 2. The molecule has 0 aromatic heterocycles. The third-order valence-corrected chi connectivity index (χ3v) is 1.59. The molecule has 0 aliphatic carbocycles. The first kappa shape index (κ1) is 12.5. The van der Waals surface area contributed by atoms with Crippen molar-refractivity contribution in [1.29, 1.82) is 0 Å². The van der Waals surface area contributed by atoms with E-state index in [0.717, 1.165) is 0 Å². The van der Waals surface area contributed by atoms with Crippen molar-refractivity contribution in [2.24, 2.45) is 0 Å². The summed E-state index contributed by atoms with van der Waals surface area (Å²) in [5.74, 6) is 0. The SMILES string of the molecule is O=C(O)OCC1CO1.O=C(O)OCC1CO1. The summed E-state index contributed by atoms with van der Waals surface area (Å²) in [6.45, 7) is 1.62. The zero-order chi connectivity index (χ0) is 12.0. The van der Waals surface area contributed by atoms with Gasteiger partial charge in [-0.1, -0.05) is 0 Å². The van der Waals surface area contributed by atoms with Crippen molar-refractivity contribution in [2.45, 2.75) is 12.2 Å². The fraction of sp³-hybridized carbons (Fsp3) is 0.750. The maximum absolute atomic E-state index is 9.65. The van der Waals surface area contributed by atoms with Crippen LogP contribution in [0.4, 0.5) is 9.59 Å². The second-order valence-electron chi connectivity index (χ2n) is 3.06. The highest BCUT2D eigenvalue weighted by Crippen LogP contribution is 2.08. The molecule has 0 saturated carbocycles. The fourth-order valence-electron chi connectivity index (χ4n) is 0.657. The summed E-state index contributed by atoms with van der Waals surface area (Å²) in [5.41, 5.74) is 0. The molecule has 0 bridgehead atoms. The molecule has 2 atom stereocenters. The molecule has 16 heavy (non-hydrogen) atoms. The van der Waals surface area contributed by atoms with E-state index in [1.54, 1.807) is 0 Å². The van der Waals surface area contributed by atoms with Gasteiger partial charge in [-0.15, -0.1) is 0 Å². The Labute approximate surface area is 90.7 Å². The Morgan fingerprint density at radius 3 is 1.50 bits per heavy atom. The standard InChI is InChI=1S/2C4H6O4/c2*5-4(6)8-2-3-1-7-3/h2*3H,1-2H2,(H,5,6). The van der Waals surface area contributed by atoms with E-state index in [1.807, 2.05) is 0 Å². The lowest BCUT2D eigenvalue weighted by molar-refractivity contribution is 0.0838. The van der Waals surface area contributed by atoms with Crippen LogP contribution >= 0.6 is 0 Å². The van der Waals surface area contributed by atoms with Crippen molar-refractivity contribution in [1.82, 2.24) is 0 Å². The molecule has 2 rings (SSSR count). The molecular formula is C8H12O8. The van der Waals surface area contributed by atoms with Crippen LogP contribution in [0.3, 0.4) is 0 Å². The Bertz CT molecular complexity index is 218. The molecule has 2 unspecified atom stereocenters. The van der Waals surface area contributed by atoms with Crippen LogP contribution in [-0.2, 0) is 18.9 Å². The lowest BCUT2D eigenvalue weighted by atomic mass is 10.5. The van der Waals surface area contributed by atoms with Gasteiger partial charge in [0.05, 0.1) is 13.2 Å². The van der Waals surface area contributed by atoms with Gasteiger partial charge in [-0.2, -0.15) is 0 Å². The largest absolute Gasteiger partial charge is 0.505 e. The summed E-state index contributed by atoms with van der Waals surface area (Å²) in [4.78, 5) is 19.3. The van der Waals surface area contributed by atoms with Crippen molar-refractivity contribution in [3.8, 4) is 0 Å². The van der Waals surface area contributed by atoms with Gasteiger partial charge >= 0.3 is 12.3 Å².